The van der Waals surface area contributed by atoms with Gasteiger partial charge in [0.1, 0.15) is 0 Å². The lowest BCUT2D eigenvalue weighted by Crippen LogP contribution is -2.39. The Kier molecular flexibility index (Phi) is 4.54. The molecule has 92 valence electrons. The second-order valence-electron chi connectivity index (χ2n) is 4.20. The van der Waals surface area contributed by atoms with Crippen LogP contribution in [0.2, 0.25) is 0 Å². The monoisotopic (exact) mass is 229 g/mol. The largest absolute Gasteiger partial charge is 0.481 e. The molecule has 0 aromatic rings. The van der Waals surface area contributed by atoms with E-state index in [-0.39, 0.29) is 11.9 Å². The molecular formula is C10H19N3O3. The number of amides is 2. The molecule has 1 rings (SSSR count). The number of carboxylic acids is 1. The van der Waals surface area contributed by atoms with Crippen LogP contribution in [0.5, 0.6) is 0 Å². The number of nitrogens with two attached hydrogens (primary N) is 1. The Balaban J connectivity index is 2.39. The van der Waals surface area contributed by atoms with Gasteiger partial charge in [-0.05, 0) is 18.9 Å². The molecule has 6 nitrogen and oxygen atoms in total. The highest BCUT2D eigenvalue weighted by Crippen LogP contribution is 2.22. The Bertz CT molecular complexity index is 270. The molecule has 0 saturated carbocycles. The highest BCUT2D eigenvalue weighted by atomic mass is 16.4. The number of nitrogens with zero attached hydrogens (tertiary/aromatic N) is 1. The normalized spacial score (nSPS) is 24.5. The van der Waals surface area contributed by atoms with Crippen molar-refractivity contribution in [3.05, 3.63) is 0 Å². The molecule has 16 heavy (non-hydrogen) atoms. The number of aliphatic carboxylic acids is 1. The van der Waals surface area contributed by atoms with Gasteiger partial charge in [-0.15, -0.1) is 0 Å². The highest BCUT2D eigenvalue weighted by molar-refractivity contribution is 5.77. The number of hydrogen-bond donors (Lipinski definition) is 3. The van der Waals surface area contributed by atoms with Gasteiger partial charge in [0.15, 0.2) is 0 Å². The summed E-state index contributed by atoms with van der Waals surface area (Å²) in [5.74, 6) is -1.26. The predicted molar refractivity (Wildman–Crippen MR) is 58.9 cm³/mol. The molecule has 2 unspecified atom stereocenters. The average molecular weight is 229 g/mol. The smallest absolute Gasteiger partial charge is 0.317 e. The average Bonchev–Trinajstić information content (AvgIpc) is 2.60. The molecule has 0 aromatic carbocycles. The first-order chi connectivity index (χ1) is 7.56. The molecule has 0 spiro atoms. The van der Waals surface area contributed by atoms with Crippen molar-refractivity contribution >= 4 is 12.0 Å². The molecule has 1 aliphatic rings. The fraction of sp³-hybridized carbons (Fsp3) is 0.800. The van der Waals surface area contributed by atoms with E-state index in [4.69, 9.17) is 10.8 Å². The van der Waals surface area contributed by atoms with E-state index in [1.165, 1.54) is 0 Å². The third-order valence-corrected chi connectivity index (χ3v) is 2.87. The van der Waals surface area contributed by atoms with Gasteiger partial charge in [0.05, 0.1) is 5.92 Å². The number of likely N-dealkylation sites (tertiary alicyclic amines) is 1. The minimum absolute atomic E-state index is 0.0118. The second kappa shape index (κ2) is 5.69. The molecule has 0 bridgehead atoms. The molecule has 6 heteroatoms. The summed E-state index contributed by atoms with van der Waals surface area (Å²) in [5.41, 5.74) is 5.31. The van der Waals surface area contributed by atoms with Gasteiger partial charge in [0.2, 0.25) is 0 Å². The Labute approximate surface area is 94.8 Å². The van der Waals surface area contributed by atoms with Crippen LogP contribution >= 0.6 is 0 Å². The van der Waals surface area contributed by atoms with E-state index in [0.717, 1.165) is 6.42 Å². The van der Waals surface area contributed by atoms with Crippen LogP contribution < -0.4 is 11.1 Å². The third-order valence-electron chi connectivity index (χ3n) is 2.87. The molecule has 0 aliphatic carbocycles. The van der Waals surface area contributed by atoms with Gasteiger partial charge >= 0.3 is 12.0 Å². The summed E-state index contributed by atoms with van der Waals surface area (Å²) in [4.78, 5) is 24.0. The number of carbonyl (C=O) groups excluding carboxylic acids is 1. The van der Waals surface area contributed by atoms with Crippen molar-refractivity contribution in [2.45, 2.75) is 13.3 Å². The zero-order chi connectivity index (χ0) is 12.1. The van der Waals surface area contributed by atoms with Crippen molar-refractivity contribution in [3.8, 4) is 0 Å². The maximum absolute atomic E-state index is 11.6. The van der Waals surface area contributed by atoms with E-state index in [1.54, 1.807) is 4.90 Å². The van der Waals surface area contributed by atoms with E-state index in [9.17, 15) is 9.59 Å². The summed E-state index contributed by atoms with van der Waals surface area (Å²) in [6.07, 6.45) is 0.734. The lowest BCUT2D eigenvalue weighted by molar-refractivity contribution is -0.142. The Hall–Kier alpha value is -1.30. The molecule has 4 N–H and O–H groups in total. The SMILES string of the molecule is CC1CN(C(=O)NCCCN)CC1C(=O)O. The van der Waals surface area contributed by atoms with Gasteiger partial charge in [-0.1, -0.05) is 6.92 Å². The topological polar surface area (TPSA) is 95.7 Å². The number of rotatable bonds is 4. The fourth-order valence-corrected chi connectivity index (χ4v) is 1.86. The van der Waals surface area contributed by atoms with Crippen molar-refractivity contribution < 1.29 is 14.7 Å². The molecule has 1 aliphatic heterocycles. The number of carboxylic acid groups (broad SMARTS) is 1. The minimum atomic E-state index is -0.829. The standard InChI is InChI=1S/C10H19N3O3/c1-7-5-13(6-8(7)9(14)15)10(16)12-4-2-3-11/h7-8H,2-6,11H2,1H3,(H,12,16)(H,14,15). The number of carbonyl (C=O) groups is 2. The summed E-state index contributed by atoms with van der Waals surface area (Å²) in [5, 5.41) is 11.6. The summed E-state index contributed by atoms with van der Waals surface area (Å²) < 4.78 is 0. The first-order valence-electron chi connectivity index (χ1n) is 5.52. The van der Waals surface area contributed by atoms with E-state index in [2.05, 4.69) is 5.32 Å². The van der Waals surface area contributed by atoms with Gasteiger partial charge in [-0.2, -0.15) is 0 Å². The van der Waals surface area contributed by atoms with Crippen molar-refractivity contribution in [2.24, 2.45) is 17.6 Å². The first kappa shape index (κ1) is 12.8. The molecular weight excluding hydrogens is 210 g/mol. The van der Waals surface area contributed by atoms with Crippen molar-refractivity contribution in [2.75, 3.05) is 26.2 Å². The molecule has 2 amide bonds. The Morgan fingerprint density at radius 2 is 2.19 bits per heavy atom. The molecule has 1 heterocycles. The predicted octanol–water partition coefficient (Wildman–Crippen LogP) is -0.303. The molecule has 1 saturated heterocycles. The molecule has 0 radical (unpaired) electrons. The van der Waals surface area contributed by atoms with Crippen LogP contribution in [-0.2, 0) is 4.79 Å². The second-order valence-corrected chi connectivity index (χ2v) is 4.20. The lowest BCUT2D eigenvalue weighted by atomic mass is 9.99. The van der Waals surface area contributed by atoms with Crippen molar-refractivity contribution in [3.63, 3.8) is 0 Å². The van der Waals surface area contributed by atoms with Crippen LogP contribution in [0.3, 0.4) is 0 Å². The van der Waals surface area contributed by atoms with Crippen LogP contribution in [0, 0.1) is 11.8 Å². The van der Waals surface area contributed by atoms with Crippen LogP contribution in [0.1, 0.15) is 13.3 Å². The van der Waals surface area contributed by atoms with Crippen LogP contribution in [0.25, 0.3) is 0 Å². The fourth-order valence-electron chi connectivity index (χ4n) is 1.86. The number of urea groups is 1. The lowest BCUT2D eigenvalue weighted by Gasteiger charge is -2.16. The first-order valence-corrected chi connectivity index (χ1v) is 5.52. The van der Waals surface area contributed by atoms with Crippen LogP contribution in [-0.4, -0.2) is 48.2 Å². The molecule has 2 atom stereocenters. The van der Waals surface area contributed by atoms with Gasteiger partial charge < -0.3 is 21.1 Å². The molecule has 1 fully saturated rings. The van der Waals surface area contributed by atoms with Crippen molar-refractivity contribution in [1.82, 2.24) is 10.2 Å². The van der Waals surface area contributed by atoms with Crippen LogP contribution in [0.4, 0.5) is 4.79 Å². The zero-order valence-electron chi connectivity index (χ0n) is 9.48. The highest BCUT2D eigenvalue weighted by Gasteiger charge is 2.36. The van der Waals surface area contributed by atoms with Crippen molar-refractivity contribution in [1.29, 1.82) is 0 Å². The minimum Gasteiger partial charge on any atom is -0.481 e. The van der Waals surface area contributed by atoms with Crippen LogP contribution in [0.15, 0.2) is 0 Å². The number of hydrogen-bond acceptors (Lipinski definition) is 3. The van der Waals surface area contributed by atoms with Gasteiger partial charge in [0, 0.05) is 19.6 Å². The maximum Gasteiger partial charge on any atom is 0.317 e. The van der Waals surface area contributed by atoms with E-state index in [0.29, 0.717) is 26.2 Å². The van der Waals surface area contributed by atoms with E-state index >= 15 is 0 Å². The zero-order valence-corrected chi connectivity index (χ0v) is 9.48. The van der Waals surface area contributed by atoms with Gasteiger partial charge in [-0.25, -0.2) is 4.79 Å². The maximum atomic E-state index is 11.6. The summed E-state index contributed by atoms with van der Waals surface area (Å²) in [7, 11) is 0. The molecule has 0 aromatic heterocycles. The number of nitrogens with one attached hydrogen (secondary N) is 1. The summed E-state index contributed by atoms with van der Waals surface area (Å²) in [6.45, 7) is 3.73. The summed E-state index contributed by atoms with van der Waals surface area (Å²) >= 11 is 0. The summed E-state index contributed by atoms with van der Waals surface area (Å²) in [6, 6.07) is -0.191. The Morgan fingerprint density at radius 1 is 1.50 bits per heavy atom. The Morgan fingerprint density at radius 3 is 2.69 bits per heavy atom. The van der Waals surface area contributed by atoms with E-state index < -0.39 is 11.9 Å². The third kappa shape index (κ3) is 3.10. The van der Waals surface area contributed by atoms with Gasteiger partial charge in [0.25, 0.3) is 0 Å². The van der Waals surface area contributed by atoms with Gasteiger partial charge in [-0.3, -0.25) is 4.79 Å². The quantitative estimate of drug-likeness (QED) is 0.576. The van der Waals surface area contributed by atoms with E-state index in [1.807, 2.05) is 6.92 Å².